The summed E-state index contributed by atoms with van der Waals surface area (Å²) in [5.41, 5.74) is 4.70. The first-order valence-corrected chi connectivity index (χ1v) is 6.87. The van der Waals surface area contributed by atoms with Crippen molar-refractivity contribution >= 4 is 0 Å². The molecule has 0 aliphatic carbocycles. The Morgan fingerprint density at radius 1 is 0.875 bits per heavy atom. The van der Waals surface area contributed by atoms with Crippen LogP contribution in [0.1, 0.15) is 62.6 Å². The van der Waals surface area contributed by atoms with Crippen molar-refractivity contribution in [2.75, 3.05) is 0 Å². The zero-order valence-corrected chi connectivity index (χ0v) is 11.2. The average Bonchev–Trinajstić information content (AvgIpc) is 2.28. The van der Waals surface area contributed by atoms with Crippen LogP contribution in [0.2, 0.25) is 0 Å². The second-order valence-corrected chi connectivity index (χ2v) is 4.77. The van der Waals surface area contributed by atoms with E-state index in [0.717, 1.165) is 0 Å². The van der Waals surface area contributed by atoms with E-state index >= 15 is 0 Å². The molecule has 1 aromatic rings. The van der Waals surface area contributed by atoms with Crippen LogP contribution in [0, 0.1) is 6.92 Å². The minimum absolute atomic E-state index is 1.24. The monoisotopic (exact) mass is 218 g/mol. The third kappa shape index (κ3) is 4.00. The second kappa shape index (κ2) is 7.49. The molecule has 0 fully saturated rings. The highest BCUT2D eigenvalue weighted by Gasteiger charge is 2.04. The van der Waals surface area contributed by atoms with Crippen LogP contribution in [-0.4, -0.2) is 0 Å². The molecule has 0 N–H and O–H groups in total. The van der Waals surface area contributed by atoms with Crippen LogP contribution in [0.25, 0.3) is 0 Å². The number of aryl methyl sites for hydroxylation is 2. The highest BCUT2D eigenvalue weighted by molar-refractivity contribution is 5.34. The Morgan fingerprint density at radius 3 is 2.38 bits per heavy atom. The van der Waals surface area contributed by atoms with Gasteiger partial charge in [-0.15, -0.1) is 0 Å². The van der Waals surface area contributed by atoms with Gasteiger partial charge in [0.15, 0.2) is 0 Å². The molecule has 0 aromatic heterocycles. The zero-order valence-electron chi connectivity index (χ0n) is 11.2. The summed E-state index contributed by atoms with van der Waals surface area (Å²) in [7, 11) is 0. The van der Waals surface area contributed by atoms with Gasteiger partial charge >= 0.3 is 0 Å². The Morgan fingerprint density at radius 2 is 1.69 bits per heavy atom. The molecule has 1 aromatic carbocycles. The van der Waals surface area contributed by atoms with Crippen LogP contribution >= 0.6 is 0 Å². The first kappa shape index (κ1) is 13.3. The number of hydrogen-bond donors (Lipinski definition) is 0. The molecule has 0 unspecified atom stereocenters. The maximum atomic E-state index is 2.31. The van der Waals surface area contributed by atoms with Crippen molar-refractivity contribution in [3.8, 4) is 0 Å². The maximum absolute atomic E-state index is 2.31. The lowest BCUT2D eigenvalue weighted by Crippen LogP contribution is -1.97. The van der Waals surface area contributed by atoms with Crippen molar-refractivity contribution in [3.05, 3.63) is 34.9 Å². The summed E-state index contributed by atoms with van der Waals surface area (Å²) in [4.78, 5) is 0. The Hall–Kier alpha value is -0.780. The Bertz CT molecular complexity index is 299. The van der Waals surface area contributed by atoms with E-state index in [1.165, 1.54) is 50.5 Å². The zero-order chi connectivity index (χ0) is 11.8. The van der Waals surface area contributed by atoms with Gasteiger partial charge < -0.3 is 0 Å². The van der Waals surface area contributed by atoms with Crippen molar-refractivity contribution in [1.29, 1.82) is 0 Å². The van der Waals surface area contributed by atoms with Crippen LogP contribution in [0.3, 0.4) is 0 Å². The topological polar surface area (TPSA) is 0 Å². The normalized spacial score (nSPS) is 10.7. The summed E-state index contributed by atoms with van der Waals surface area (Å²) >= 11 is 0. The van der Waals surface area contributed by atoms with Gasteiger partial charge in [0.05, 0.1) is 0 Å². The molecule has 90 valence electrons. The molecule has 0 radical (unpaired) electrons. The standard InChI is InChI=1S/C16H26/c1-4-6-7-8-13-16-14(3)11-9-12-15(16)10-5-2/h9,11-12H,4-8,10,13H2,1-3H3. The third-order valence-electron chi connectivity index (χ3n) is 3.31. The predicted octanol–water partition coefficient (Wildman–Crippen LogP) is 5.07. The van der Waals surface area contributed by atoms with Gasteiger partial charge in [-0.05, 0) is 42.9 Å². The maximum Gasteiger partial charge on any atom is -0.0274 e. The number of unbranched alkanes of at least 4 members (excludes halogenated alkanes) is 3. The fourth-order valence-corrected chi connectivity index (χ4v) is 2.35. The van der Waals surface area contributed by atoms with Gasteiger partial charge in [-0.3, -0.25) is 0 Å². The molecular formula is C16H26. The van der Waals surface area contributed by atoms with Crippen LogP contribution < -0.4 is 0 Å². The molecule has 0 heteroatoms. The lowest BCUT2D eigenvalue weighted by Gasteiger charge is -2.12. The molecular weight excluding hydrogens is 192 g/mol. The molecule has 0 heterocycles. The van der Waals surface area contributed by atoms with Crippen molar-refractivity contribution in [2.24, 2.45) is 0 Å². The minimum Gasteiger partial charge on any atom is -0.0654 e. The molecule has 0 atom stereocenters. The Kier molecular flexibility index (Phi) is 6.22. The smallest absolute Gasteiger partial charge is 0.0274 e. The predicted molar refractivity (Wildman–Crippen MR) is 73.0 cm³/mol. The average molecular weight is 218 g/mol. The van der Waals surface area contributed by atoms with Crippen molar-refractivity contribution in [2.45, 2.75) is 65.7 Å². The van der Waals surface area contributed by atoms with Crippen LogP contribution in [0.15, 0.2) is 18.2 Å². The molecule has 0 amide bonds. The SMILES string of the molecule is CCCCCCc1c(C)cccc1CCC. The first-order chi connectivity index (χ1) is 7.79. The third-order valence-corrected chi connectivity index (χ3v) is 3.31. The minimum atomic E-state index is 1.24. The summed E-state index contributed by atoms with van der Waals surface area (Å²) in [6, 6.07) is 6.77. The molecule has 1 rings (SSSR count). The molecule has 0 saturated carbocycles. The second-order valence-electron chi connectivity index (χ2n) is 4.77. The Balaban J connectivity index is 2.61. The molecule has 0 aliphatic rings. The number of hydrogen-bond acceptors (Lipinski definition) is 0. The lowest BCUT2D eigenvalue weighted by atomic mass is 9.94. The van der Waals surface area contributed by atoms with Gasteiger partial charge in [-0.2, -0.15) is 0 Å². The van der Waals surface area contributed by atoms with E-state index in [2.05, 4.69) is 39.0 Å². The molecule has 0 saturated heterocycles. The fraction of sp³-hybridized carbons (Fsp3) is 0.625. The van der Waals surface area contributed by atoms with E-state index in [-0.39, 0.29) is 0 Å². The summed E-state index contributed by atoms with van der Waals surface area (Å²) in [6.07, 6.45) is 9.23. The van der Waals surface area contributed by atoms with Crippen molar-refractivity contribution in [1.82, 2.24) is 0 Å². The highest BCUT2D eigenvalue weighted by atomic mass is 14.1. The molecule has 16 heavy (non-hydrogen) atoms. The quantitative estimate of drug-likeness (QED) is 0.560. The number of benzene rings is 1. The van der Waals surface area contributed by atoms with Gasteiger partial charge in [0.1, 0.15) is 0 Å². The van der Waals surface area contributed by atoms with Crippen molar-refractivity contribution < 1.29 is 0 Å². The van der Waals surface area contributed by atoms with Gasteiger partial charge in [-0.1, -0.05) is 57.7 Å². The van der Waals surface area contributed by atoms with Gasteiger partial charge in [0.25, 0.3) is 0 Å². The van der Waals surface area contributed by atoms with E-state index in [9.17, 15) is 0 Å². The van der Waals surface area contributed by atoms with Gasteiger partial charge in [-0.25, -0.2) is 0 Å². The van der Waals surface area contributed by atoms with Gasteiger partial charge in [0, 0.05) is 0 Å². The fourth-order valence-electron chi connectivity index (χ4n) is 2.35. The van der Waals surface area contributed by atoms with Crippen LogP contribution in [0.5, 0.6) is 0 Å². The lowest BCUT2D eigenvalue weighted by molar-refractivity contribution is 0.662. The molecule has 0 bridgehead atoms. The van der Waals surface area contributed by atoms with E-state index in [0.29, 0.717) is 0 Å². The molecule has 0 spiro atoms. The van der Waals surface area contributed by atoms with E-state index in [1.807, 2.05) is 0 Å². The molecule has 0 aliphatic heterocycles. The number of rotatable bonds is 7. The van der Waals surface area contributed by atoms with Crippen molar-refractivity contribution in [3.63, 3.8) is 0 Å². The summed E-state index contributed by atoms with van der Waals surface area (Å²) in [6.45, 7) is 6.80. The molecule has 0 nitrogen and oxygen atoms in total. The van der Waals surface area contributed by atoms with E-state index < -0.39 is 0 Å². The van der Waals surface area contributed by atoms with Crippen LogP contribution in [0.4, 0.5) is 0 Å². The van der Waals surface area contributed by atoms with E-state index in [4.69, 9.17) is 0 Å². The summed E-state index contributed by atoms with van der Waals surface area (Å²) in [5, 5.41) is 0. The van der Waals surface area contributed by atoms with Gasteiger partial charge in [0.2, 0.25) is 0 Å². The summed E-state index contributed by atoms with van der Waals surface area (Å²) in [5.74, 6) is 0. The Labute approximate surface area is 101 Å². The van der Waals surface area contributed by atoms with E-state index in [1.54, 1.807) is 11.1 Å². The summed E-state index contributed by atoms with van der Waals surface area (Å²) < 4.78 is 0. The highest BCUT2D eigenvalue weighted by Crippen LogP contribution is 2.19. The largest absolute Gasteiger partial charge is 0.0654 e. The van der Waals surface area contributed by atoms with Crippen LogP contribution in [-0.2, 0) is 12.8 Å². The first-order valence-electron chi connectivity index (χ1n) is 6.87.